The van der Waals surface area contributed by atoms with Gasteiger partial charge in [0.25, 0.3) is 0 Å². The van der Waals surface area contributed by atoms with Crippen LogP contribution in [0.5, 0.6) is 0 Å². The first-order chi connectivity index (χ1) is 8.81. The zero-order chi connectivity index (χ0) is 12.4. The number of carbonyl (C=O) groups is 1. The maximum absolute atomic E-state index is 11.1. The summed E-state index contributed by atoms with van der Waals surface area (Å²) in [5, 5.41) is 7.12. The Labute approximate surface area is 110 Å². The van der Waals surface area contributed by atoms with Gasteiger partial charge in [0, 0.05) is 18.7 Å². The van der Waals surface area contributed by atoms with Crippen LogP contribution in [0, 0.1) is 0 Å². The predicted octanol–water partition coefficient (Wildman–Crippen LogP) is 1.31. The van der Waals surface area contributed by atoms with E-state index in [0.717, 1.165) is 10.9 Å². The van der Waals surface area contributed by atoms with Crippen molar-refractivity contribution in [1.82, 2.24) is 10.6 Å². The van der Waals surface area contributed by atoms with Crippen LogP contribution >= 0.6 is 11.8 Å². The van der Waals surface area contributed by atoms with E-state index in [2.05, 4.69) is 27.8 Å². The molecule has 3 rings (SSSR count). The molecule has 4 nitrogen and oxygen atoms in total. The molecule has 2 aliphatic rings. The topological polar surface area (TPSA) is 53.5 Å². The number of benzene rings is 1. The molecule has 2 atom stereocenters. The van der Waals surface area contributed by atoms with Crippen molar-refractivity contribution in [3.8, 4) is 0 Å². The highest BCUT2D eigenvalue weighted by Crippen LogP contribution is 2.29. The van der Waals surface area contributed by atoms with Gasteiger partial charge in [-0.2, -0.15) is 0 Å². The first kappa shape index (κ1) is 11.6. The Hall–Kier alpha value is -1.49. The van der Waals surface area contributed by atoms with Gasteiger partial charge in [0.05, 0.1) is 12.1 Å². The quantitative estimate of drug-likeness (QED) is 0.844. The number of thioether (sulfide) groups is 1. The van der Waals surface area contributed by atoms with Crippen molar-refractivity contribution in [3.63, 3.8) is 0 Å². The van der Waals surface area contributed by atoms with Gasteiger partial charge in [-0.05, 0) is 5.56 Å². The fourth-order valence-electron chi connectivity index (χ4n) is 2.18. The van der Waals surface area contributed by atoms with Crippen molar-refractivity contribution in [2.45, 2.75) is 18.5 Å². The summed E-state index contributed by atoms with van der Waals surface area (Å²) < 4.78 is 0. The van der Waals surface area contributed by atoms with E-state index in [-0.39, 0.29) is 18.0 Å². The zero-order valence-corrected chi connectivity index (χ0v) is 10.7. The van der Waals surface area contributed by atoms with Crippen molar-refractivity contribution >= 4 is 22.8 Å². The number of aliphatic imine (C=N–C) groups is 1. The Balaban J connectivity index is 1.63. The molecule has 2 aliphatic heterocycles. The van der Waals surface area contributed by atoms with Gasteiger partial charge in [0.1, 0.15) is 0 Å². The molecule has 0 aliphatic carbocycles. The highest BCUT2D eigenvalue weighted by atomic mass is 32.2. The SMILES string of the molecule is O=C1CC(NC2=NC(c3ccccc3)CS2)CN1. The van der Waals surface area contributed by atoms with E-state index in [4.69, 9.17) is 0 Å². The Morgan fingerprint density at radius 2 is 2.17 bits per heavy atom. The van der Waals surface area contributed by atoms with Crippen LogP contribution in [0.3, 0.4) is 0 Å². The van der Waals surface area contributed by atoms with Gasteiger partial charge < -0.3 is 10.6 Å². The van der Waals surface area contributed by atoms with E-state index in [1.807, 2.05) is 18.2 Å². The third kappa shape index (κ3) is 2.51. The average Bonchev–Trinajstić information content (AvgIpc) is 3.01. The molecular formula is C13H15N3OS. The normalized spacial score (nSPS) is 26.9. The summed E-state index contributed by atoms with van der Waals surface area (Å²) in [6.07, 6.45) is 0.551. The lowest BCUT2D eigenvalue weighted by Gasteiger charge is -2.10. The van der Waals surface area contributed by atoms with Gasteiger partial charge >= 0.3 is 0 Å². The average molecular weight is 261 g/mol. The molecule has 0 saturated carbocycles. The van der Waals surface area contributed by atoms with Crippen LogP contribution in [0.4, 0.5) is 0 Å². The second-order valence-electron chi connectivity index (χ2n) is 4.52. The van der Waals surface area contributed by atoms with Crippen LogP contribution in [0.15, 0.2) is 35.3 Å². The number of carbonyl (C=O) groups excluding carboxylic acids is 1. The molecule has 1 saturated heterocycles. The number of rotatable bonds is 2. The zero-order valence-electron chi connectivity index (χ0n) is 9.93. The third-order valence-electron chi connectivity index (χ3n) is 3.14. The third-order valence-corrected chi connectivity index (χ3v) is 4.12. The van der Waals surface area contributed by atoms with E-state index in [1.165, 1.54) is 5.56 Å². The maximum atomic E-state index is 11.1. The predicted molar refractivity (Wildman–Crippen MR) is 73.6 cm³/mol. The fourth-order valence-corrected chi connectivity index (χ4v) is 3.22. The minimum atomic E-state index is 0.121. The van der Waals surface area contributed by atoms with Crippen molar-refractivity contribution in [3.05, 3.63) is 35.9 Å². The molecule has 2 N–H and O–H groups in total. The monoisotopic (exact) mass is 261 g/mol. The molecule has 2 heterocycles. The number of amides is 1. The summed E-state index contributed by atoms with van der Waals surface area (Å²) >= 11 is 1.73. The number of nitrogens with one attached hydrogen (secondary N) is 2. The minimum absolute atomic E-state index is 0.121. The molecule has 0 aromatic heterocycles. The van der Waals surface area contributed by atoms with Gasteiger partial charge in [-0.25, -0.2) is 0 Å². The fraction of sp³-hybridized carbons (Fsp3) is 0.385. The van der Waals surface area contributed by atoms with Crippen LogP contribution in [-0.2, 0) is 4.79 Å². The standard InChI is InChI=1S/C13H15N3OS/c17-12-6-10(7-14-12)15-13-16-11(8-18-13)9-4-2-1-3-5-9/h1-5,10-11H,6-8H2,(H,14,17)(H,15,16). The molecule has 0 bridgehead atoms. The number of hydrogen-bond donors (Lipinski definition) is 2. The lowest BCUT2D eigenvalue weighted by Crippen LogP contribution is -2.33. The van der Waals surface area contributed by atoms with Crippen LogP contribution < -0.4 is 10.6 Å². The Morgan fingerprint density at radius 1 is 1.33 bits per heavy atom. The molecule has 1 aromatic carbocycles. The Kier molecular flexibility index (Phi) is 3.23. The number of amidine groups is 1. The summed E-state index contributed by atoms with van der Waals surface area (Å²) in [5.74, 6) is 1.09. The van der Waals surface area contributed by atoms with Crippen LogP contribution in [0.1, 0.15) is 18.0 Å². The van der Waals surface area contributed by atoms with Crippen molar-refractivity contribution in [2.75, 3.05) is 12.3 Å². The molecule has 1 fully saturated rings. The summed E-state index contributed by atoms with van der Waals surface area (Å²) in [7, 11) is 0. The van der Waals surface area contributed by atoms with Gasteiger partial charge in [0.15, 0.2) is 5.17 Å². The van der Waals surface area contributed by atoms with Gasteiger partial charge in [-0.15, -0.1) is 0 Å². The first-order valence-electron chi connectivity index (χ1n) is 6.10. The molecule has 0 spiro atoms. The van der Waals surface area contributed by atoms with E-state index >= 15 is 0 Å². The molecule has 0 radical (unpaired) electrons. The molecule has 1 aromatic rings. The minimum Gasteiger partial charge on any atom is -0.360 e. The van der Waals surface area contributed by atoms with Crippen LogP contribution in [0.25, 0.3) is 0 Å². The summed E-state index contributed by atoms with van der Waals surface area (Å²) in [6, 6.07) is 10.8. The Bertz CT molecular complexity index is 474. The summed E-state index contributed by atoms with van der Waals surface area (Å²) in [5.41, 5.74) is 1.25. The first-order valence-corrected chi connectivity index (χ1v) is 7.08. The van der Waals surface area contributed by atoms with Crippen molar-refractivity contribution < 1.29 is 4.79 Å². The van der Waals surface area contributed by atoms with E-state index in [9.17, 15) is 4.79 Å². The Morgan fingerprint density at radius 3 is 2.89 bits per heavy atom. The summed E-state index contributed by atoms with van der Waals surface area (Å²) in [6.45, 7) is 0.703. The molecule has 1 amide bonds. The second kappa shape index (κ2) is 5.02. The van der Waals surface area contributed by atoms with E-state index < -0.39 is 0 Å². The highest BCUT2D eigenvalue weighted by molar-refractivity contribution is 8.14. The highest BCUT2D eigenvalue weighted by Gasteiger charge is 2.25. The number of hydrogen-bond acceptors (Lipinski definition) is 4. The molecule has 94 valence electrons. The lowest BCUT2D eigenvalue weighted by atomic mass is 10.1. The van der Waals surface area contributed by atoms with Crippen LogP contribution in [-0.4, -0.2) is 29.4 Å². The number of nitrogens with zero attached hydrogens (tertiary/aromatic N) is 1. The van der Waals surface area contributed by atoms with Gasteiger partial charge in [0.2, 0.25) is 5.91 Å². The van der Waals surface area contributed by atoms with Gasteiger partial charge in [-0.3, -0.25) is 9.79 Å². The van der Waals surface area contributed by atoms with Crippen LogP contribution in [0.2, 0.25) is 0 Å². The largest absolute Gasteiger partial charge is 0.360 e. The van der Waals surface area contributed by atoms with Crippen molar-refractivity contribution in [2.24, 2.45) is 4.99 Å². The molecular weight excluding hydrogens is 246 g/mol. The van der Waals surface area contributed by atoms with E-state index in [0.29, 0.717) is 13.0 Å². The maximum Gasteiger partial charge on any atom is 0.222 e. The summed E-state index contributed by atoms with van der Waals surface area (Å²) in [4.78, 5) is 15.8. The molecule has 18 heavy (non-hydrogen) atoms. The molecule has 2 unspecified atom stereocenters. The second-order valence-corrected chi connectivity index (χ2v) is 5.53. The smallest absolute Gasteiger partial charge is 0.222 e. The molecule has 5 heteroatoms. The van der Waals surface area contributed by atoms with Crippen molar-refractivity contribution in [1.29, 1.82) is 0 Å². The lowest BCUT2D eigenvalue weighted by molar-refractivity contribution is -0.119. The van der Waals surface area contributed by atoms with Gasteiger partial charge in [-0.1, -0.05) is 42.1 Å². The van der Waals surface area contributed by atoms with E-state index in [1.54, 1.807) is 11.8 Å².